The molecule has 0 atom stereocenters. The molecule has 11 heteroatoms. The number of hydrogen-bond acceptors (Lipinski definition) is 8. The van der Waals surface area contributed by atoms with Gasteiger partial charge in [-0.3, -0.25) is 19.4 Å². The van der Waals surface area contributed by atoms with Crippen molar-refractivity contribution in [3.8, 4) is 5.75 Å². The zero-order chi connectivity index (χ0) is 30.6. The highest BCUT2D eigenvalue weighted by Crippen LogP contribution is 2.42. The molecule has 0 saturated carbocycles. The van der Waals surface area contributed by atoms with Crippen molar-refractivity contribution in [2.24, 2.45) is 0 Å². The second kappa shape index (κ2) is 13.2. The number of piperazine rings is 1. The number of carboxylic acids is 1. The molecule has 0 unspecified atom stereocenters. The van der Waals surface area contributed by atoms with E-state index in [0.717, 1.165) is 56.0 Å². The van der Waals surface area contributed by atoms with Crippen LogP contribution in [0.2, 0.25) is 0 Å². The largest absolute Gasteiger partial charge is 0.494 e. The number of unbranched alkanes of at least 4 members (excludes halogenated alkanes) is 1. The SMILES string of the molecule is CN(CC(=O)O)C(=O)OCN1C(=O)CC(C)(C)c2ccc(OCCCCN3CCN(c4cccc5sccc45)CC3)cc21. The third-order valence-electron chi connectivity index (χ3n) is 8.21. The number of rotatable bonds is 11. The molecule has 5 rings (SSSR count). The van der Waals surface area contributed by atoms with Crippen LogP contribution in [0.15, 0.2) is 47.8 Å². The summed E-state index contributed by atoms with van der Waals surface area (Å²) < 4.78 is 12.7. The Balaban J connectivity index is 1.10. The minimum absolute atomic E-state index is 0.171. The van der Waals surface area contributed by atoms with Gasteiger partial charge in [0.05, 0.1) is 12.3 Å². The molecular weight excluding hydrogens is 568 g/mol. The van der Waals surface area contributed by atoms with Crippen LogP contribution in [-0.2, 0) is 19.7 Å². The molecule has 230 valence electrons. The number of ether oxygens (including phenoxy) is 2. The minimum atomic E-state index is -1.15. The molecule has 1 N–H and O–H groups in total. The van der Waals surface area contributed by atoms with Crippen molar-refractivity contribution in [1.29, 1.82) is 0 Å². The fourth-order valence-corrected chi connectivity index (χ4v) is 6.64. The predicted molar refractivity (Wildman–Crippen MR) is 168 cm³/mol. The van der Waals surface area contributed by atoms with Crippen LogP contribution in [-0.4, -0.2) is 92.5 Å². The lowest BCUT2D eigenvalue weighted by Crippen LogP contribution is -2.46. The van der Waals surface area contributed by atoms with Gasteiger partial charge in [0.15, 0.2) is 6.73 Å². The number of carboxylic acid groups (broad SMARTS) is 1. The Bertz CT molecular complexity index is 1470. The van der Waals surface area contributed by atoms with E-state index in [9.17, 15) is 14.4 Å². The number of nitrogens with zero attached hydrogens (tertiary/aromatic N) is 4. The van der Waals surface area contributed by atoms with E-state index in [-0.39, 0.29) is 24.5 Å². The van der Waals surface area contributed by atoms with Crippen LogP contribution in [0.1, 0.15) is 38.7 Å². The van der Waals surface area contributed by atoms with Gasteiger partial charge < -0.3 is 24.4 Å². The Morgan fingerprint density at radius 1 is 1.05 bits per heavy atom. The first kappa shape index (κ1) is 30.6. The average molecular weight is 609 g/mol. The van der Waals surface area contributed by atoms with Gasteiger partial charge in [0, 0.05) is 66.9 Å². The number of carbonyl (C=O) groups is 3. The third-order valence-corrected chi connectivity index (χ3v) is 9.09. The van der Waals surface area contributed by atoms with Crippen molar-refractivity contribution in [2.75, 3.05) is 69.5 Å². The van der Waals surface area contributed by atoms with Gasteiger partial charge in [-0.25, -0.2) is 4.79 Å². The Morgan fingerprint density at radius 3 is 2.60 bits per heavy atom. The van der Waals surface area contributed by atoms with Crippen LogP contribution in [0.3, 0.4) is 0 Å². The molecule has 3 aromatic rings. The van der Waals surface area contributed by atoms with E-state index in [2.05, 4.69) is 39.4 Å². The second-order valence-electron chi connectivity index (χ2n) is 11.8. The minimum Gasteiger partial charge on any atom is -0.494 e. The molecule has 1 saturated heterocycles. The summed E-state index contributed by atoms with van der Waals surface area (Å²) in [6.07, 6.45) is 1.39. The van der Waals surface area contributed by atoms with Gasteiger partial charge in [-0.05, 0) is 54.6 Å². The summed E-state index contributed by atoms with van der Waals surface area (Å²) in [6, 6.07) is 14.5. The van der Waals surface area contributed by atoms with E-state index in [1.807, 2.05) is 32.0 Å². The lowest BCUT2D eigenvalue weighted by atomic mass is 9.77. The summed E-state index contributed by atoms with van der Waals surface area (Å²) in [5, 5.41) is 12.4. The highest BCUT2D eigenvalue weighted by molar-refractivity contribution is 7.17. The lowest BCUT2D eigenvalue weighted by molar-refractivity contribution is -0.137. The van der Waals surface area contributed by atoms with E-state index in [4.69, 9.17) is 14.6 Å². The number of likely N-dealkylation sites (N-methyl/N-ethyl adjacent to an activating group) is 1. The van der Waals surface area contributed by atoms with Crippen LogP contribution in [0.4, 0.5) is 16.2 Å². The molecule has 2 aliphatic rings. The molecule has 0 bridgehead atoms. The molecule has 3 heterocycles. The quantitative estimate of drug-likeness (QED) is 0.303. The van der Waals surface area contributed by atoms with Gasteiger partial charge >= 0.3 is 12.1 Å². The number of amides is 2. The number of anilines is 2. The number of hydrogen-bond donors (Lipinski definition) is 1. The van der Waals surface area contributed by atoms with Crippen molar-refractivity contribution in [3.63, 3.8) is 0 Å². The fourth-order valence-electron chi connectivity index (χ4n) is 5.83. The van der Waals surface area contributed by atoms with E-state index >= 15 is 0 Å². The number of benzene rings is 2. The van der Waals surface area contributed by atoms with Crippen LogP contribution in [0.25, 0.3) is 10.1 Å². The van der Waals surface area contributed by atoms with Gasteiger partial charge in [0.25, 0.3) is 0 Å². The van der Waals surface area contributed by atoms with E-state index < -0.39 is 18.6 Å². The number of thiophene rings is 1. The standard InChI is InChI=1S/C32H40N4O6S/c1-32(2)20-29(37)36(22-42-31(40)33(3)21-30(38)39)27-19-23(9-10-25(27)32)41-17-5-4-12-34-13-15-35(16-14-34)26-7-6-8-28-24(26)11-18-43-28/h6-11,18-19H,4-5,12-17,20-22H2,1-3H3,(H,38,39). The first-order valence-corrected chi connectivity index (χ1v) is 15.6. The van der Waals surface area contributed by atoms with Crippen molar-refractivity contribution in [3.05, 3.63) is 53.4 Å². The Labute approximate surface area is 256 Å². The maximum Gasteiger partial charge on any atom is 0.411 e. The summed E-state index contributed by atoms with van der Waals surface area (Å²) in [6.45, 7) is 8.96. The normalized spacial score (nSPS) is 16.7. The summed E-state index contributed by atoms with van der Waals surface area (Å²) in [5.41, 5.74) is 2.56. The number of carbonyl (C=O) groups excluding carboxylic acids is 2. The zero-order valence-electron chi connectivity index (χ0n) is 25.1. The monoisotopic (exact) mass is 608 g/mol. The molecule has 0 spiro atoms. The third kappa shape index (κ3) is 7.22. The van der Waals surface area contributed by atoms with Crippen LogP contribution >= 0.6 is 11.3 Å². The number of fused-ring (bicyclic) bond motifs is 2. The molecule has 10 nitrogen and oxygen atoms in total. The average Bonchev–Trinajstić information content (AvgIpc) is 3.46. The predicted octanol–water partition coefficient (Wildman–Crippen LogP) is 5.01. The Hall–Kier alpha value is -3.83. The van der Waals surface area contributed by atoms with Crippen LogP contribution < -0.4 is 14.5 Å². The number of aliphatic carboxylic acids is 1. The van der Waals surface area contributed by atoms with E-state index in [1.165, 1.54) is 27.7 Å². The van der Waals surface area contributed by atoms with Crippen LogP contribution in [0, 0.1) is 0 Å². The summed E-state index contributed by atoms with van der Waals surface area (Å²) in [7, 11) is 1.34. The van der Waals surface area contributed by atoms with Crippen molar-refractivity contribution < 1.29 is 29.0 Å². The fraction of sp³-hybridized carbons (Fsp3) is 0.469. The van der Waals surface area contributed by atoms with E-state index in [0.29, 0.717) is 18.0 Å². The smallest absolute Gasteiger partial charge is 0.411 e. The van der Waals surface area contributed by atoms with Crippen molar-refractivity contribution in [1.82, 2.24) is 9.80 Å². The van der Waals surface area contributed by atoms with Gasteiger partial charge in [-0.15, -0.1) is 11.3 Å². The molecule has 2 amide bonds. The van der Waals surface area contributed by atoms with Gasteiger partial charge in [0.2, 0.25) is 5.91 Å². The molecule has 0 radical (unpaired) electrons. The molecule has 2 aliphatic heterocycles. The van der Waals surface area contributed by atoms with E-state index in [1.54, 1.807) is 11.3 Å². The van der Waals surface area contributed by atoms with Gasteiger partial charge in [0.1, 0.15) is 12.3 Å². The topological polar surface area (TPSA) is 103 Å². The van der Waals surface area contributed by atoms with Gasteiger partial charge in [-0.1, -0.05) is 26.0 Å². The highest BCUT2D eigenvalue weighted by Gasteiger charge is 2.37. The molecule has 43 heavy (non-hydrogen) atoms. The maximum absolute atomic E-state index is 13.0. The highest BCUT2D eigenvalue weighted by atomic mass is 32.1. The molecule has 1 aromatic heterocycles. The maximum atomic E-state index is 13.0. The first-order chi connectivity index (χ1) is 20.6. The summed E-state index contributed by atoms with van der Waals surface area (Å²) >= 11 is 1.79. The van der Waals surface area contributed by atoms with Crippen molar-refractivity contribution >= 4 is 50.8 Å². The van der Waals surface area contributed by atoms with Crippen LogP contribution in [0.5, 0.6) is 5.75 Å². The molecule has 1 fully saturated rings. The lowest BCUT2D eigenvalue weighted by Gasteiger charge is -2.38. The summed E-state index contributed by atoms with van der Waals surface area (Å²) in [4.78, 5) is 43.6. The molecule has 2 aromatic carbocycles. The zero-order valence-corrected chi connectivity index (χ0v) is 25.9. The first-order valence-electron chi connectivity index (χ1n) is 14.7. The Morgan fingerprint density at radius 2 is 1.84 bits per heavy atom. The van der Waals surface area contributed by atoms with Crippen molar-refractivity contribution in [2.45, 2.75) is 38.5 Å². The van der Waals surface area contributed by atoms with Gasteiger partial charge in [-0.2, -0.15) is 0 Å². The summed E-state index contributed by atoms with van der Waals surface area (Å²) in [5.74, 6) is -0.664. The Kier molecular flexibility index (Phi) is 9.41. The molecular formula is C32H40N4O6S. The molecule has 0 aliphatic carbocycles. The second-order valence-corrected chi connectivity index (χ2v) is 12.8.